The normalized spacial score (nSPS) is 14.1. The number of benzene rings is 2. The van der Waals surface area contributed by atoms with E-state index in [0.29, 0.717) is 17.4 Å². The number of rotatable bonds is 5. The van der Waals surface area contributed by atoms with Crippen molar-refractivity contribution in [2.75, 3.05) is 19.6 Å². The fourth-order valence-electron chi connectivity index (χ4n) is 3.58. The van der Waals surface area contributed by atoms with Crippen molar-refractivity contribution in [3.05, 3.63) is 76.1 Å². The van der Waals surface area contributed by atoms with E-state index in [-0.39, 0.29) is 17.9 Å². The maximum atomic E-state index is 12.3. The van der Waals surface area contributed by atoms with Gasteiger partial charge in [-0.3, -0.25) is 19.2 Å². The van der Waals surface area contributed by atoms with Gasteiger partial charge in [0.2, 0.25) is 11.3 Å². The minimum atomic E-state index is -0.132. The molecule has 138 valence electrons. The van der Waals surface area contributed by atoms with E-state index in [4.69, 9.17) is 0 Å². The van der Waals surface area contributed by atoms with Gasteiger partial charge < -0.3 is 5.32 Å². The monoisotopic (exact) mass is 362 g/mol. The third-order valence-electron chi connectivity index (χ3n) is 5.02. The Kier molecular flexibility index (Phi) is 4.98. The topological polar surface area (TPSA) is 67.2 Å². The van der Waals surface area contributed by atoms with Crippen molar-refractivity contribution in [2.24, 2.45) is 0 Å². The highest BCUT2D eigenvalue weighted by Crippen LogP contribution is 2.17. The number of carbonyl (C=O) groups is 1. The Bertz CT molecular complexity index is 1030. The molecule has 1 amide bonds. The molecule has 6 heteroatoms. The van der Waals surface area contributed by atoms with E-state index < -0.39 is 0 Å². The summed E-state index contributed by atoms with van der Waals surface area (Å²) in [6.45, 7) is 3.46. The van der Waals surface area contributed by atoms with Crippen molar-refractivity contribution in [2.45, 2.75) is 19.5 Å². The summed E-state index contributed by atoms with van der Waals surface area (Å²) in [5.74, 6) is -0.103. The van der Waals surface area contributed by atoms with E-state index in [9.17, 15) is 9.59 Å². The summed E-state index contributed by atoms with van der Waals surface area (Å²) in [5, 5.41) is 7.64. The Morgan fingerprint density at radius 3 is 2.74 bits per heavy atom. The van der Waals surface area contributed by atoms with Crippen LogP contribution in [0.1, 0.15) is 11.1 Å². The molecule has 0 saturated carbocycles. The molecule has 0 saturated heterocycles. The van der Waals surface area contributed by atoms with Gasteiger partial charge in [-0.2, -0.15) is 5.10 Å². The zero-order valence-electron chi connectivity index (χ0n) is 15.1. The standard InChI is InChI=1S/C21H22N4O2/c26-20-13-23-25(19-8-4-3-7-18(19)20)15-21(27)22-10-12-24-11-9-16-5-1-2-6-17(16)14-24/h1-8,13H,9-12,14-15H2,(H,22,27). The van der Waals surface area contributed by atoms with E-state index in [1.54, 1.807) is 10.7 Å². The van der Waals surface area contributed by atoms with E-state index in [1.807, 2.05) is 18.2 Å². The molecule has 1 aromatic heterocycles. The Hall–Kier alpha value is -2.99. The van der Waals surface area contributed by atoms with Crippen molar-refractivity contribution in [3.8, 4) is 0 Å². The van der Waals surface area contributed by atoms with Gasteiger partial charge in [-0.05, 0) is 29.7 Å². The van der Waals surface area contributed by atoms with Crippen molar-refractivity contribution in [1.29, 1.82) is 0 Å². The highest BCUT2D eigenvalue weighted by atomic mass is 16.2. The van der Waals surface area contributed by atoms with Crippen molar-refractivity contribution < 1.29 is 4.79 Å². The molecule has 0 fully saturated rings. The number of amides is 1. The van der Waals surface area contributed by atoms with E-state index in [1.165, 1.54) is 17.3 Å². The second-order valence-corrected chi connectivity index (χ2v) is 6.83. The fraction of sp³-hybridized carbons (Fsp3) is 0.286. The molecule has 2 aromatic carbocycles. The summed E-state index contributed by atoms with van der Waals surface area (Å²) in [6, 6.07) is 15.7. The Morgan fingerprint density at radius 2 is 1.85 bits per heavy atom. The van der Waals surface area contributed by atoms with E-state index in [0.717, 1.165) is 26.1 Å². The number of hydrogen-bond acceptors (Lipinski definition) is 4. The second kappa shape index (κ2) is 7.72. The van der Waals surface area contributed by atoms with Gasteiger partial charge in [-0.15, -0.1) is 0 Å². The first kappa shape index (κ1) is 17.4. The first-order chi connectivity index (χ1) is 13.2. The molecule has 0 aliphatic carbocycles. The molecule has 6 nitrogen and oxygen atoms in total. The van der Waals surface area contributed by atoms with Crippen LogP contribution in [0, 0.1) is 0 Å². The maximum absolute atomic E-state index is 12.3. The van der Waals surface area contributed by atoms with Crippen LogP contribution in [0.3, 0.4) is 0 Å². The average molecular weight is 362 g/mol. The van der Waals surface area contributed by atoms with Gasteiger partial charge in [0, 0.05) is 31.6 Å². The Balaban J connectivity index is 1.32. The van der Waals surface area contributed by atoms with Gasteiger partial charge in [-0.1, -0.05) is 36.4 Å². The molecular weight excluding hydrogens is 340 g/mol. The first-order valence-electron chi connectivity index (χ1n) is 9.21. The predicted molar refractivity (Wildman–Crippen MR) is 104 cm³/mol. The smallest absolute Gasteiger partial charge is 0.241 e. The third-order valence-corrected chi connectivity index (χ3v) is 5.02. The lowest BCUT2D eigenvalue weighted by molar-refractivity contribution is -0.121. The van der Waals surface area contributed by atoms with Crippen LogP contribution in [0.15, 0.2) is 59.5 Å². The van der Waals surface area contributed by atoms with Crippen LogP contribution in [-0.4, -0.2) is 40.2 Å². The average Bonchev–Trinajstić information content (AvgIpc) is 2.70. The largest absolute Gasteiger partial charge is 0.353 e. The van der Waals surface area contributed by atoms with Crippen LogP contribution in [0.4, 0.5) is 0 Å². The predicted octanol–water partition coefficient (Wildman–Crippen LogP) is 1.57. The number of nitrogens with zero attached hydrogens (tertiary/aromatic N) is 3. The molecule has 1 aliphatic rings. The molecule has 0 spiro atoms. The molecule has 0 unspecified atom stereocenters. The number of aromatic nitrogens is 2. The summed E-state index contributed by atoms with van der Waals surface area (Å²) in [7, 11) is 0. The highest BCUT2D eigenvalue weighted by Gasteiger charge is 2.15. The van der Waals surface area contributed by atoms with Crippen LogP contribution < -0.4 is 10.7 Å². The molecule has 0 radical (unpaired) electrons. The SMILES string of the molecule is O=C(Cn1ncc(=O)c2ccccc21)NCCN1CCc2ccccc2C1. The molecule has 0 bridgehead atoms. The van der Waals surface area contributed by atoms with Crippen molar-refractivity contribution in [1.82, 2.24) is 20.0 Å². The summed E-state index contributed by atoms with van der Waals surface area (Å²) < 4.78 is 1.57. The molecule has 1 N–H and O–H groups in total. The van der Waals surface area contributed by atoms with Crippen LogP contribution in [0.2, 0.25) is 0 Å². The molecule has 27 heavy (non-hydrogen) atoms. The van der Waals surface area contributed by atoms with Crippen molar-refractivity contribution in [3.63, 3.8) is 0 Å². The summed E-state index contributed by atoms with van der Waals surface area (Å²) >= 11 is 0. The number of carbonyl (C=O) groups excluding carboxylic acids is 1. The lowest BCUT2D eigenvalue weighted by Gasteiger charge is -2.28. The second-order valence-electron chi connectivity index (χ2n) is 6.83. The lowest BCUT2D eigenvalue weighted by atomic mass is 10.00. The van der Waals surface area contributed by atoms with Crippen LogP contribution in [0.25, 0.3) is 10.9 Å². The van der Waals surface area contributed by atoms with Gasteiger partial charge in [0.05, 0.1) is 11.7 Å². The fourth-order valence-corrected chi connectivity index (χ4v) is 3.58. The van der Waals surface area contributed by atoms with Gasteiger partial charge >= 0.3 is 0 Å². The number of hydrogen-bond donors (Lipinski definition) is 1. The quantitative estimate of drug-likeness (QED) is 0.748. The zero-order chi connectivity index (χ0) is 18.6. The lowest BCUT2D eigenvalue weighted by Crippen LogP contribution is -2.39. The highest BCUT2D eigenvalue weighted by molar-refractivity contribution is 5.81. The molecule has 1 aliphatic heterocycles. The van der Waals surface area contributed by atoms with Gasteiger partial charge in [0.1, 0.15) is 6.54 Å². The molecule has 4 rings (SSSR count). The van der Waals surface area contributed by atoms with Gasteiger partial charge in [0.15, 0.2) is 0 Å². The number of para-hydroxylation sites is 1. The third kappa shape index (κ3) is 3.90. The molecule has 3 aromatic rings. The minimum absolute atomic E-state index is 0.101. The summed E-state index contributed by atoms with van der Waals surface area (Å²) in [4.78, 5) is 26.5. The first-order valence-corrected chi connectivity index (χ1v) is 9.21. The van der Waals surface area contributed by atoms with E-state index >= 15 is 0 Å². The zero-order valence-corrected chi connectivity index (χ0v) is 15.1. The number of nitrogens with one attached hydrogen (secondary N) is 1. The molecular formula is C21H22N4O2. The minimum Gasteiger partial charge on any atom is -0.353 e. The maximum Gasteiger partial charge on any atom is 0.241 e. The van der Waals surface area contributed by atoms with Crippen LogP contribution in [0.5, 0.6) is 0 Å². The number of fused-ring (bicyclic) bond motifs is 2. The van der Waals surface area contributed by atoms with E-state index in [2.05, 4.69) is 39.6 Å². The summed E-state index contributed by atoms with van der Waals surface area (Å²) in [6.07, 6.45) is 2.32. The Labute approximate surface area is 157 Å². The molecule has 2 heterocycles. The Morgan fingerprint density at radius 1 is 1.07 bits per heavy atom. The van der Waals surface area contributed by atoms with Crippen LogP contribution in [-0.2, 0) is 24.3 Å². The summed E-state index contributed by atoms with van der Waals surface area (Å²) in [5.41, 5.74) is 3.34. The van der Waals surface area contributed by atoms with Gasteiger partial charge in [-0.25, -0.2) is 0 Å². The van der Waals surface area contributed by atoms with Crippen LogP contribution >= 0.6 is 0 Å². The van der Waals surface area contributed by atoms with Gasteiger partial charge in [0.25, 0.3) is 0 Å². The van der Waals surface area contributed by atoms with Crippen molar-refractivity contribution >= 4 is 16.8 Å². The molecule has 0 atom stereocenters.